The van der Waals surface area contributed by atoms with Gasteiger partial charge in [0.05, 0.1) is 37.1 Å². The quantitative estimate of drug-likeness (QED) is 0.458. The molecular weight excluding hydrogens is 448 g/mol. The predicted octanol–water partition coefficient (Wildman–Crippen LogP) is 3.76. The largest absolute Gasteiger partial charge is 0.378 e. The van der Waals surface area contributed by atoms with Gasteiger partial charge in [-0.05, 0) is 49.2 Å². The molecule has 2 aromatic carbocycles. The molecule has 1 aliphatic rings. The molecule has 1 fully saturated rings. The summed E-state index contributed by atoms with van der Waals surface area (Å²) >= 11 is 1.36. The van der Waals surface area contributed by atoms with Crippen molar-refractivity contribution in [3.8, 4) is 11.8 Å². The minimum atomic E-state index is -0.0687. The predicted molar refractivity (Wildman–Crippen MR) is 134 cm³/mol. The molecule has 0 aliphatic carbocycles. The van der Waals surface area contributed by atoms with Crippen LogP contribution in [0.1, 0.15) is 17.5 Å². The van der Waals surface area contributed by atoms with Crippen molar-refractivity contribution in [3.63, 3.8) is 0 Å². The summed E-state index contributed by atoms with van der Waals surface area (Å²) in [4.78, 5) is 17.2. The smallest absolute Gasteiger partial charge is 0.237 e. The van der Waals surface area contributed by atoms with Gasteiger partial charge < -0.3 is 14.5 Å². The first-order valence-electron chi connectivity index (χ1n) is 11.3. The monoisotopic (exact) mass is 476 g/mol. The van der Waals surface area contributed by atoms with E-state index in [4.69, 9.17) is 10.00 Å². The maximum absolute atomic E-state index is 13.3. The van der Waals surface area contributed by atoms with Gasteiger partial charge in [-0.3, -0.25) is 9.36 Å². The maximum atomic E-state index is 13.3. The Hall–Kier alpha value is -3.35. The summed E-state index contributed by atoms with van der Waals surface area (Å²) < 4.78 is 7.49. The molecule has 0 atom stereocenters. The molecule has 1 amide bonds. The highest BCUT2D eigenvalue weighted by molar-refractivity contribution is 7.99. The van der Waals surface area contributed by atoms with E-state index in [1.807, 2.05) is 60.9 Å². The number of rotatable bonds is 8. The number of anilines is 2. The number of carbonyl (C=O) groups is 1. The Bertz CT molecular complexity index is 1150. The Labute approximate surface area is 204 Å². The SMILES string of the molecule is Cc1cc(C)cc(N(CCC#N)C(=O)CSc2nnc(N3CCOCC3)n2-c2ccccc2)c1. The van der Waals surface area contributed by atoms with Crippen molar-refractivity contribution in [2.24, 2.45) is 0 Å². The van der Waals surface area contributed by atoms with Crippen molar-refractivity contribution in [2.75, 3.05) is 48.4 Å². The van der Waals surface area contributed by atoms with Gasteiger partial charge in [-0.1, -0.05) is 36.0 Å². The lowest BCUT2D eigenvalue weighted by molar-refractivity contribution is -0.116. The highest BCUT2D eigenvalue weighted by Gasteiger charge is 2.23. The summed E-state index contributed by atoms with van der Waals surface area (Å²) in [5.74, 6) is 0.868. The molecule has 176 valence electrons. The second kappa shape index (κ2) is 11.2. The van der Waals surface area contributed by atoms with Gasteiger partial charge in [0.1, 0.15) is 0 Å². The third kappa shape index (κ3) is 5.58. The third-order valence-electron chi connectivity index (χ3n) is 5.52. The van der Waals surface area contributed by atoms with Gasteiger partial charge in [-0.2, -0.15) is 5.26 Å². The van der Waals surface area contributed by atoms with Crippen molar-refractivity contribution < 1.29 is 9.53 Å². The number of para-hydroxylation sites is 1. The first-order valence-corrected chi connectivity index (χ1v) is 12.3. The van der Waals surface area contributed by atoms with Crippen LogP contribution in [0.3, 0.4) is 0 Å². The number of hydrogen-bond acceptors (Lipinski definition) is 7. The standard InChI is InChI=1S/C25H28N6O2S/c1-19-15-20(2)17-22(16-19)30(10-6-9-26)23(32)18-34-25-28-27-24(29-11-13-33-14-12-29)31(25)21-7-4-3-5-8-21/h3-5,7-8,15-17H,6,10-14,18H2,1-2H3. The topological polar surface area (TPSA) is 87.3 Å². The maximum Gasteiger partial charge on any atom is 0.237 e. The van der Waals surface area contributed by atoms with Crippen molar-refractivity contribution in [2.45, 2.75) is 25.4 Å². The first-order chi connectivity index (χ1) is 16.6. The summed E-state index contributed by atoms with van der Waals surface area (Å²) in [7, 11) is 0. The van der Waals surface area contributed by atoms with Crippen LogP contribution in [0.5, 0.6) is 0 Å². The number of aryl methyl sites for hydroxylation is 2. The summed E-state index contributed by atoms with van der Waals surface area (Å²) in [6.45, 7) is 7.13. The average Bonchev–Trinajstić information content (AvgIpc) is 3.27. The molecule has 0 radical (unpaired) electrons. The molecule has 1 aliphatic heterocycles. The van der Waals surface area contributed by atoms with Gasteiger partial charge >= 0.3 is 0 Å². The molecule has 0 unspecified atom stereocenters. The van der Waals surface area contributed by atoms with Crippen molar-refractivity contribution in [1.82, 2.24) is 14.8 Å². The number of hydrogen-bond donors (Lipinski definition) is 0. The molecule has 8 nitrogen and oxygen atoms in total. The summed E-state index contributed by atoms with van der Waals surface area (Å²) in [5.41, 5.74) is 3.92. The molecule has 1 aromatic heterocycles. The molecule has 0 saturated carbocycles. The number of nitrogens with zero attached hydrogens (tertiary/aromatic N) is 6. The molecule has 2 heterocycles. The highest BCUT2D eigenvalue weighted by Crippen LogP contribution is 2.28. The van der Waals surface area contributed by atoms with Crippen LogP contribution in [-0.2, 0) is 9.53 Å². The highest BCUT2D eigenvalue weighted by atomic mass is 32.2. The van der Waals surface area contributed by atoms with Crippen LogP contribution < -0.4 is 9.80 Å². The average molecular weight is 477 g/mol. The van der Waals surface area contributed by atoms with Crippen LogP contribution in [0, 0.1) is 25.2 Å². The van der Waals surface area contributed by atoms with Crippen LogP contribution >= 0.6 is 11.8 Å². The Morgan fingerprint density at radius 1 is 1.12 bits per heavy atom. The normalized spacial score (nSPS) is 13.5. The van der Waals surface area contributed by atoms with Gasteiger partial charge in [0.15, 0.2) is 5.16 Å². The number of benzene rings is 2. The minimum Gasteiger partial charge on any atom is -0.378 e. The number of morpholine rings is 1. The molecule has 0 spiro atoms. The van der Waals surface area contributed by atoms with Gasteiger partial charge in [0.25, 0.3) is 0 Å². The van der Waals surface area contributed by atoms with Crippen molar-refractivity contribution in [3.05, 3.63) is 59.7 Å². The molecule has 34 heavy (non-hydrogen) atoms. The summed E-state index contributed by atoms with van der Waals surface area (Å²) in [6, 6.07) is 18.1. The Balaban J connectivity index is 1.58. The molecule has 0 bridgehead atoms. The first kappa shape index (κ1) is 23.8. The number of aromatic nitrogens is 3. The van der Waals surface area contributed by atoms with E-state index in [2.05, 4.69) is 27.2 Å². The van der Waals surface area contributed by atoms with E-state index in [-0.39, 0.29) is 18.1 Å². The molecule has 9 heteroatoms. The van der Waals surface area contributed by atoms with E-state index in [1.54, 1.807) is 4.90 Å². The minimum absolute atomic E-state index is 0.0687. The van der Waals surface area contributed by atoms with E-state index in [1.165, 1.54) is 11.8 Å². The van der Waals surface area contributed by atoms with Crippen LogP contribution in [-0.4, -0.2) is 59.3 Å². The van der Waals surface area contributed by atoms with Crippen LogP contribution in [0.15, 0.2) is 53.7 Å². The van der Waals surface area contributed by atoms with Crippen LogP contribution in [0.4, 0.5) is 11.6 Å². The zero-order chi connectivity index (χ0) is 23.9. The molecule has 1 saturated heterocycles. The lowest BCUT2D eigenvalue weighted by Crippen LogP contribution is -2.38. The fourth-order valence-electron chi connectivity index (χ4n) is 4.00. The third-order valence-corrected chi connectivity index (χ3v) is 6.43. The van der Waals surface area contributed by atoms with Crippen molar-refractivity contribution >= 4 is 29.3 Å². The van der Waals surface area contributed by atoms with E-state index < -0.39 is 0 Å². The van der Waals surface area contributed by atoms with E-state index in [0.717, 1.165) is 41.5 Å². The van der Waals surface area contributed by atoms with Gasteiger partial charge in [-0.25, -0.2) is 0 Å². The van der Waals surface area contributed by atoms with Crippen molar-refractivity contribution in [1.29, 1.82) is 5.26 Å². The number of ether oxygens (including phenoxy) is 1. The Morgan fingerprint density at radius 3 is 2.50 bits per heavy atom. The van der Waals surface area contributed by atoms with E-state index in [0.29, 0.717) is 24.9 Å². The Kier molecular flexibility index (Phi) is 7.83. The van der Waals surface area contributed by atoms with Gasteiger partial charge in [0, 0.05) is 25.3 Å². The fraction of sp³-hybridized carbons (Fsp3) is 0.360. The molecule has 4 rings (SSSR count). The number of thioether (sulfide) groups is 1. The van der Waals surface area contributed by atoms with E-state index in [9.17, 15) is 4.79 Å². The molecule has 0 N–H and O–H groups in total. The molecule has 3 aromatic rings. The summed E-state index contributed by atoms with van der Waals surface area (Å²) in [5, 5.41) is 18.7. The summed E-state index contributed by atoms with van der Waals surface area (Å²) in [6.07, 6.45) is 0.269. The lowest BCUT2D eigenvalue weighted by Gasteiger charge is -2.28. The van der Waals surface area contributed by atoms with Gasteiger partial charge in [-0.15, -0.1) is 10.2 Å². The molecular formula is C25H28N6O2S. The lowest BCUT2D eigenvalue weighted by atomic mass is 10.1. The second-order valence-corrected chi connectivity index (χ2v) is 9.08. The zero-order valence-electron chi connectivity index (χ0n) is 19.5. The van der Waals surface area contributed by atoms with Crippen LogP contribution in [0.25, 0.3) is 5.69 Å². The van der Waals surface area contributed by atoms with E-state index >= 15 is 0 Å². The number of amides is 1. The second-order valence-electron chi connectivity index (χ2n) is 8.14. The Morgan fingerprint density at radius 2 is 1.82 bits per heavy atom. The fourth-order valence-corrected chi connectivity index (χ4v) is 4.82. The van der Waals surface area contributed by atoms with Gasteiger partial charge in [0.2, 0.25) is 11.9 Å². The zero-order valence-corrected chi connectivity index (χ0v) is 20.3. The van der Waals surface area contributed by atoms with Crippen LogP contribution in [0.2, 0.25) is 0 Å². The number of nitriles is 1. The number of carbonyl (C=O) groups excluding carboxylic acids is 1.